The summed E-state index contributed by atoms with van der Waals surface area (Å²) in [5, 5.41) is 8.66. The van der Waals surface area contributed by atoms with Crippen LogP contribution in [0.5, 0.6) is 0 Å². The van der Waals surface area contributed by atoms with Gasteiger partial charge in [-0.3, -0.25) is 0 Å². The van der Waals surface area contributed by atoms with Gasteiger partial charge in [0, 0.05) is 50.5 Å². The molecule has 1 N–H and O–H groups in total. The first-order valence-electron chi connectivity index (χ1n) is 18.1. The summed E-state index contributed by atoms with van der Waals surface area (Å²) >= 11 is 0. The van der Waals surface area contributed by atoms with Crippen LogP contribution < -0.4 is 5.32 Å². The van der Waals surface area contributed by atoms with Crippen LogP contribution in [-0.2, 0) is 0 Å². The van der Waals surface area contributed by atoms with Crippen LogP contribution in [0.4, 0.5) is 5.88 Å². The van der Waals surface area contributed by atoms with Crippen LogP contribution in [0.1, 0.15) is 5.56 Å². The number of aromatic nitrogens is 3. The molecule has 10 aromatic rings. The second kappa shape index (κ2) is 12.1. The molecular weight excluding hydrogens is 665 g/mol. The lowest BCUT2D eigenvalue weighted by atomic mass is 9.95. The van der Waals surface area contributed by atoms with E-state index in [0.717, 1.165) is 88.5 Å². The molecule has 254 valence electrons. The largest absolute Gasteiger partial charge is 0.456 e. The maximum Gasteiger partial charge on any atom is 0.201 e. The predicted octanol–water partition coefficient (Wildman–Crippen LogP) is 12.4. The van der Waals surface area contributed by atoms with Gasteiger partial charge in [0.05, 0.1) is 0 Å². The van der Waals surface area contributed by atoms with E-state index in [1.54, 1.807) is 0 Å². The van der Waals surface area contributed by atoms with E-state index < -0.39 is 0 Å². The van der Waals surface area contributed by atoms with Crippen LogP contribution in [0, 0.1) is 0 Å². The number of hydrogen-bond acceptors (Lipinski definition) is 6. The maximum absolute atomic E-state index is 6.68. The zero-order valence-corrected chi connectivity index (χ0v) is 29.0. The van der Waals surface area contributed by atoms with Crippen molar-refractivity contribution in [1.29, 1.82) is 0 Å². The minimum absolute atomic E-state index is 0.562. The second-order valence-electron chi connectivity index (χ2n) is 13.6. The normalized spacial score (nSPS) is 12.4. The van der Waals surface area contributed by atoms with Crippen LogP contribution in [0.25, 0.3) is 106 Å². The minimum Gasteiger partial charge on any atom is -0.456 e. The highest BCUT2D eigenvalue weighted by Crippen LogP contribution is 2.44. The minimum atomic E-state index is 0.562. The fraction of sp³-hybridized carbons (Fsp3) is 0.0208. The molecule has 7 aromatic carbocycles. The molecule has 0 amide bonds. The van der Waals surface area contributed by atoms with Crippen molar-refractivity contribution >= 4 is 55.6 Å². The molecule has 11 rings (SSSR count). The molecule has 6 heteroatoms. The first kappa shape index (κ1) is 30.3. The summed E-state index contributed by atoms with van der Waals surface area (Å²) in [5.41, 5.74) is 10.4. The lowest BCUT2D eigenvalue weighted by Gasteiger charge is -2.12. The van der Waals surface area contributed by atoms with Crippen LogP contribution in [0.15, 0.2) is 167 Å². The third-order valence-electron chi connectivity index (χ3n) is 10.4. The number of nitrogens with zero attached hydrogens (tertiary/aromatic N) is 3. The molecule has 0 spiro atoms. The number of furan rings is 2. The van der Waals surface area contributed by atoms with E-state index in [2.05, 4.69) is 133 Å². The fourth-order valence-electron chi connectivity index (χ4n) is 7.77. The number of nitrogens with one attached hydrogen (secondary N) is 1. The summed E-state index contributed by atoms with van der Waals surface area (Å²) in [6, 6.07) is 52.2. The highest BCUT2D eigenvalue weighted by atomic mass is 16.4. The molecule has 1 aliphatic heterocycles. The Morgan fingerprint density at radius 3 is 2.00 bits per heavy atom. The van der Waals surface area contributed by atoms with Crippen LogP contribution in [0.3, 0.4) is 0 Å². The van der Waals surface area contributed by atoms with E-state index in [-0.39, 0.29) is 0 Å². The number of para-hydroxylation sites is 1. The smallest absolute Gasteiger partial charge is 0.201 e. The Morgan fingerprint density at radius 2 is 1.13 bits per heavy atom. The van der Waals surface area contributed by atoms with Crippen molar-refractivity contribution < 1.29 is 8.83 Å². The molecule has 6 nitrogen and oxygen atoms in total. The van der Waals surface area contributed by atoms with Crippen LogP contribution in [0.2, 0.25) is 0 Å². The Balaban J connectivity index is 1.15. The first-order valence-corrected chi connectivity index (χ1v) is 18.1. The Morgan fingerprint density at radius 1 is 0.463 bits per heavy atom. The van der Waals surface area contributed by atoms with E-state index in [1.165, 1.54) is 5.56 Å². The molecule has 0 saturated carbocycles. The Hall–Kier alpha value is -7.31. The van der Waals surface area contributed by atoms with E-state index in [1.807, 2.05) is 36.4 Å². The van der Waals surface area contributed by atoms with Gasteiger partial charge in [-0.25, -0.2) is 15.0 Å². The number of fused-ring (bicyclic) bond motifs is 7. The monoisotopic (exact) mass is 694 g/mol. The van der Waals surface area contributed by atoms with Gasteiger partial charge in [0.25, 0.3) is 0 Å². The third kappa shape index (κ3) is 4.92. The average molecular weight is 695 g/mol. The molecule has 54 heavy (non-hydrogen) atoms. The average Bonchev–Trinajstić information content (AvgIpc) is 3.83. The standard InChI is InChI=1S/C48H30N4O2/c1-2-10-29(11-3-1)31-19-22-32(23-20-31)35-25-26-38(43-39-16-9-27-49-48(39)54-44(35)43)47-51-45(34-24-21-30-12-4-5-13-33(30)28-34)50-46(52-47)37-15-8-18-41-42(37)36-14-6-7-17-40(36)53-41/h1-26,28,49H,27H2. The summed E-state index contributed by atoms with van der Waals surface area (Å²) < 4.78 is 13.0. The van der Waals surface area contributed by atoms with Crippen LogP contribution >= 0.6 is 0 Å². The summed E-state index contributed by atoms with van der Waals surface area (Å²) in [7, 11) is 0. The first-order chi connectivity index (χ1) is 26.7. The van der Waals surface area contributed by atoms with Crippen molar-refractivity contribution in [3.63, 3.8) is 0 Å². The number of anilines is 1. The van der Waals surface area contributed by atoms with Gasteiger partial charge in [0.2, 0.25) is 5.88 Å². The van der Waals surface area contributed by atoms with Crippen LogP contribution in [-0.4, -0.2) is 21.5 Å². The van der Waals surface area contributed by atoms with Gasteiger partial charge in [-0.2, -0.15) is 0 Å². The number of benzene rings is 7. The van der Waals surface area contributed by atoms with E-state index in [9.17, 15) is 0 Å². The Bertz CT molecular complexity index is 3100. The summed E-state index contributed by atoms with van der Waals surface area (Å²) in [4.78, 5) is 15.7. The molecule has 3 aromatic heterocycles. The molecular formula is C48H30N4O2. The summed E-state index contributed by atoms with van der Waals surface area (Å²) in [5.74, 6) is 2.46. The molecule has 0 bridgehead atoms. The van der Waals surface area contributed by atoms with Gasteiger partial charge in [-0.15, -0.1) is 0 Å². The predicted molar refractivity (Wildman–Crippen MR) is 219 cm³/mol. The SMILES string of the molecule is C1=Cc2c(oc3c(-c4ccc(-c5ccccc5)cc4)ccc(-c4nc(-c5ccc6ccccc6c5)nc(-c5cccc6oc7ccccc7c56)n4)c23)NC1. The van der Waals surface area contributed by atoms with Gasteiger partial charge >= 0.3 is 0 Å². The maximum atomic E-state index is 6.68. The van der Waals surface area contributed by atoms with E-state index in [0.29, 0.717) is 24.0 Å². The van der Waals surface area contributed by atoms with Gasteiger partial charge in [0.15, 0.2) is 17.5 Å². The second-order valence-corrected chi connectivity index (χ2v) is 13.6. The zero-order chi connectivity index (χ0) is 35.6. The van der Waals surface area contributed by atoms with Crippen molar-refractivity contribution in [3.8, 4) is 56.4 Å². The van der Waals surface area contributed by atoms with Gasteiger partial charge in [0.1, 0.15) is 16.7 Å². The van der Waals surface area contributed by atoms with Crippen molar-refractivity contribution in [1.82, 2.24) is 15.0 Å². The lowest BCUT2D eigenvalue weighted by Crippen LogP contribution is -2.03. The number of rotatable bonds is 5. The third-order valence-corrected chi connectivity index (χ3v) is 10.4. The van der Waals surface area contributed by atoms with Crippen molar-refractivity contribution in [2.24, 2.45) is 0 Å². The van der Waals surface area contributed by atoms with Gasteiger partial charge in [-0.05, 0) is 57.8 Å². The molecule has 4 heterocycles. The topological polar surface area (TPSA) is 77.0 Å². The number of hydrogen-bond donors (Lipinski definition) is 1. The Labute approximate surface area is 310 Å². The molecule has 0 radical (unpaired) electrons. The van der Waals surface area contributed by atoms with E-state index in [4.69, 9.17) is 23.8 Å². The quantitative estimate of drug-likeness (QED) is 0.193. The van der Waals surface area contributed by atoms with Gasteiger partial charge in [-0.1, -0.05) is 133 Å². The fourth-order valence-corrected chi connectivity index (χ4v) is 7.77. The molecule has 0 unspecified atom stereocenters. The highest BCUT2D eigenvalue weighted by molar-refractivity contribution is 6.12. The highest BCUT2D eigenvalue weighted by Gasteiger charge is 2.25. The van der Waals surface area contributed by atoms with Gasteiger partial charge < -0.3 is 14.2 Å². The zero-order valence-electron chi connectivity index (χ0n) is 29.0. The summed E-state index contributed by atoms with van der Waals surface area (Å²) in [6.07, 6.45) is 4.25. The van der Waals surface area contributed by atoms with E-state index >= 15 is 0 Å². The lowest BCUT2D eigenvalue weighted by molar-refractivity contribution is 0.629. The van der Waals surface area contributed by atoms with Crippen molar-refractivity contribution in [3.05, 3.63) is 163 Å². The van der Waals surface area contributed by atoms with Crippen molar-refractivity contribution in [2.45, 2.75) is 0 Å². The molecule has 0 atom stereocenters. The van der Waals surface area contributed by atoms with Crippen molar-refractivity contribution in [2.75, 3.05) is 11.9 Å². The molecule has 0 aliphatic carbocycles. The summed E-state index contributed by atoms with van der Waals surface area (Å²) in [6.45, 7) is 0.688. The Kier molecular flexibility index (Phi) is 6.82. The molecule has 0 fully saturated rings. The molecule has 0 saturated heterocycles. The molecule has 1 aliphatic rings.